The van der Waals surface area contributed by atoms with Crippen LogP contribution in [0.15, 0.2) is 67.1 Å². The second-order valence-corrected chi connectivity index (χ2v) is 8.47. The standard InChI is InChI=1S/C26H23FN6O/c1-17(26-31-30-24-4-2-3-9-33(24)26)18-5-8-22(27)21(14-18)25-20-7-6-19(15-23(20)28-16-29-25)32-10-12-34-13-11-32/h2-9,14-17H,10-13H2,1H3. The number of fused-ring (bicyclic) bond motifs is 2. The zero-order valence-corrected chi connectivity index (χ0v) is 18.7. The van der Waals surface area contributed by atoms with E-state index >= 15 is 4.39 Å². The van der Waals surface area contributed by atoms with Crippen LogP contribution in [0.2, 0.25) is 0 Å². The summed E-state index contributed by atoms with van der Waals surface area (Å²) in [5.41, 5.74) is 4.62. The molecule has 1 atom stereocenters. The van der Waals surface area contributed by atoms with Crippen molar-refractivity contribution in [1.82, 2.24) is 24.6 Å². The van der Waals surface area contributed by atoms with Gasteiger partial charge in [0.25, 0.3) is 0 Å². The fraction of sp³-hybridized carbons (Fsp3) is 0.231. The first-order valence-electron chi connectivity index (χ1n) is 11.4. The molecule has 0 saturated carbocycles. The Balaban J connectivity index is 1.41. The SMILES string of the molecule is CC(c1ccc(F)c(-c2ncnc3cc(N4CCOCC4)ccc23)c1)c1nnc2ccccn12. The highest BCUT2D eigenvalue weighted by molar-refractivity contribution is 5.94. The highest BCUT2D eigenvalue weighted by atomic mass is 19.1. The van der Waals surface area contributed by atoms with Crippen LogP contribution in [0, 0.1) is 5.82 Å². The van der Waals surface area contributed by atoms with Crippen molar-refractivity contribution in [2.75, 3.05) is 31.2 Å². The van der Waals surface area contributed by atoms with Crippen LogP contribution >= 0.6 is 0 Å². The lowest BCUT2D eigenvalue weighted by atomic mass is 9.95. The van der Waals surface area contributed by atoms with Gasteiger partial charge in [-0.1, -0.05) is 19.1 Å². The van der Waals surface area contributed by atoms with E-state index in [1.165, 1.54) is 12.4 Å². The smallest absolute Gasteiger partial charge is 0.160 e. The largest absolute Gasteiger partial charge is 0.378 e. The molecule has 4 heterocycles. The molecule has 0 amide bonds. The maximum Gasteiger partial charge on any atom is 0.160 e. The Morgan fingerprint density at radius 2 is 1.85 bits per heavy atom. The van der Waals surface area contributed by atoms with E-state index in [9.17, 15) is 0 Å². The molecule has 1 unspecified atom stereocenters. The van der Waals surface area contributed by atoms with Crippen molar-refractivity contribution >= 4 is 22.2 Å². The number of aromatic nitrogens is 5. The van der Waals surface area contributed by atoms with Crippen LogP contribution in [0.5, 0.6) is 0 Å². The fourth-order valence-electron chi connectivity index (χ4n) is 4.58. The van der Waals surface area contributed by atoms with Gasteiger partial charge in [0.15, 0.2) is 5.65 Å². The minimum absolute atomic E-state index is 0.0854. The van der Waals surface area contributed by atoms with Gasteiger partial charge in [0.1, 0.15) is 18.0 Å². The highest BCUT2D eigenvalue weighted by Gasteiger charge is 2.19. The summed E-state index contributed by atoms with van der Waals surface area (Å²) in [5, 5.41) is 9.45. The number of halogens is 1. The van der Waals surface area contributed by atoms with Gasteiger partial charge in [0, 0.05) is 41.8 Å². The van der Waals surface area contributed by atoms with Crippen molar-refractivity contribution in [1.29, 1.82) is 0 Å². The van der Waals surface area contributed by atoms with Crippen LogP contribution in [0.25, 0.3) is 27.8 Å². The molecular weight excluding hydrogens is 431 g/mol. The van der Waals surface area contributed by atoms with E-state index in [1.807, 2.05) is 60.0 Å². The molecule has 0 bridgehead atoms. The fourth-order valence-corrected chi connectivity index (χ4v) is 4.58. The average molecular weight is 455 g/mol. The third-order valence-corrected chi connectivity index (χ3v) is 6.47. The number of ether oxygens (including phenoxy) is 1. The van der Waals surface area contributed by atoms with Crippen molar-refractivity contribution < 1.29 is 9.13 Å². The second kappa shape index (κ2) is 8.46. The molecule has 6 rings (SSSR count). The van der Waals surface area contributed by atoms with Gasteiger partial charge in [-0.3, -0.25) is 4.40 Å². The Morgan fingerprint density at radius 1 is 0.971 bits per heavy atom. The molecule has 0 aliphatic carbocycles. The number of nitrogens with zero attached hydrogens (tertiary/aromatic N) is 6. The molecule has 0 N–H and O–H groups in total. The Morgan fingerprint density at radius 3 is 2.74 bits per heavy atom. The van der Waals surface area contributed by atoms with Crippen molar-refractivity contribution in [3.8, 4) is 11.3 Å². The molecule has 1 aliphatic heterocycles. The number of morpholine rings is 1. The zero-order valence-electron chi connectivity index (χ0n) is 18.7. The molecular formula is C26H23FN6O. The zero-order chi connectivity index (χ0) is 23.1. The molecule has 1 aliphatic rings. The lowest BCUT2D eigenvalue weighted by Gasteiger charge is -2.29. The van der Waals surface area contributed by atoms with E-state index in [2.05, 4.69) is 25.1 Å². The lowest BCUT2D eigenvalue weighted by molar-refractivity contribution is 0.122. The summed E-state index contributed by atoms with van der Waals surface area (Å²) in [6.45, 7) is 5.16. The normalized spacial score (nSPS) is 15.2. The predicted molar refractivity (Wildman–Crippen MR) is 128 cm³/mol. The van der Waals surface area contributed by atoms with Gasteiger partial charge in [-0.05, 0) is 48.0 Å². The van der Waals surface area contributed by atoms with Crippen molar-refractivity contribution in [3.05, 3.63) is 84.3 Å². The van der Waals surface area contributed by atoms with Gasteiger partial charge < -0.3 is 9.64 Å². The Kier molecular flexibility index (Phi) is 5.15. The molecule has 34 heavy (non-hydrogen) atoms. The van der Waals surface area contributed by atoms with Crippen molar-refractivity contribution in [3.63, 3.8) is 0 Å². The van der Waals surface area contributed by atoms with Gasteiger partial charge in [-0.25, -0.2) is 14.4 Å². The van der Waals surface area contributed by atoms with Crippen molar-refractivity contribution in [2.24, 2.45) is 0 Å². The molecule has 1 fully saturated rings. The molecule has 3 aromatic heterocycles. The summed E-state index contributed by atoms with van der Waals surface area (Å²) in [6.07, 6.45) is 3.44. The van der Waals surface area contributed by atoms with Gasteiger partial charge in [0.05, 0.1) is 24.4 Å². The molecule has 0 radical (unpaired) electrons. The third-order valence-electron chi connectivity index (χ3n) is 6.47. The quantitative estimate of drug-likeness (QED) is 0.399. The summed E-state index contributed by atoms with van der Waals surface area (Å²) in [5.74, 6) is 0.396. The number of pyridine rings is 1. The van der Waals surface area contributed by atoms with Crippen LogP contribution in [-0.4, -0.2) is 50.9 Å². The van der Waals surface area contributed by atoms with Gasteiger partial charge in [0.2, 0.25) is 0 Å². The molecule has 8 heteroatoms. The Labute approximate surface area is 195 Å². The summed E-state index contributed by atoms with van der Waals surface area (Å²) >= 11 is 0. The molecule has 7 nitrogen and oxygen atoms in total. The van der Waals surface area contributed by atoms with E-state index in [1.54, 1.807) is 6.07 Å². The first kappa shape index (κ1) is 20.7. The van der Waals surface area contributed by atoms with Gasteiger partial charge in [-0.15, -0.1) is 10.2 Å². The van der Waals surface area contributed by atoms with Gasteiger partial charge >= 0.3 is 0 Å². The first-order valence-corrected chi connectivity index (χ1v) is 11.4. The van der Waals surface area contributed by atoms with Gasteiger partial charge in [-0.2, -0.15) is 0 Å². The lowest BCUT2D eigenvalue weighted by Crippen LogP contribution is -2.36. The van der Waals surface area contributed by atoms with Crippen molar-refractivity contribution in [2.45, 2.75) is 12.8 Å². The molecule has 1 saturated heterocycles. The maximum absolute atomic E-state index is 15.1. The van der Waals surface area contributed by atoms with Crippen LogP contribution in [0.4, 0.5) is 10.1 Å². The number of anilines is 1. The molecule has 5 aromatic rings. The Hall–Kier alpha value is -3.91. The van der Waals surface area contributed by atoms with E-state index in [-0.39, 0.29) is 11.7 Å². The summed E-state index contributed by atoms with van der Waals surface area (Å²) in [6, 6.07) is 17.0. The van der Waals surface area contributed by atoms with E-state index < -0.39 is 0 Å². The van der Waals surface area contributed by atoms with E-state index in [0.29, 0.717) is 24.5 Å². The maximum atomic E-state index is 15.1. The minimum Gasteiger partial charge on any atom is -0.378 e. The number of rotatable bonds is 4. The van der Waals surface area contributed by atoms with Crippen LogP contribution < -0.4 is 4.90 Å². The average Bonchev–Trinajstić information content (AvgIpc) is 3.33. The monoisotopic (exact) mass is 454 g/mol. The summed E-state index contributed by atoms with van der Waals surface area (Å²) in [4.78, 5) is 11.2. The topological polar surface area (TPSA) is 68.4 Å². The number of hydrogen-bond donors (Lipinski definition) is 0. The minimum atomic E-state index is -0.320. The van der Waals surface area contributed by atoms with Crippen LogP contribution in [-0.2, 0) is 4.74 Å². The van der Waals surface area contributed by atoms with Crippen LogP contribution in [0.3, 0.4) is 0 Å². The molecule has 0 spiro atoms. The third kappa shape index (κ3) is 3.56. The molecule has 170 valence electrons. The first-order chi connectivity index (χ1) is 16.7. The second-order valence-electron chi connectivity index (χ2n) is 8.47. The van der Waals surface area contributed by atoms with E-state index in [0.717, 1.165) is 46.7 Å². The predicted octanol–water partition coefficient (Wildman–Crippen LogP) is 4.47. The molecule has 2 aromatic carbocycles. The van der Waals surface area contributed by atoms with Crippen LogP contribution in [0.1, 0.15) is 24.2 Å². The highest BCUT2D eigenvalue weighted by Crippen LogP contribution is 2.33. The summed E-state index contributed by atoms with van der Waals surface area (Å²) in [7, 11) is 0. The number of hydrogen-bond acceptors (Lipinski definition) is 6. The summed E-state index contributed by atoms with van der Waals surface area (Å²) < 4.78 is 22.5. The number of benzene rings is 2. The van der Waals surface area contributed by atoms with E-state index in [4.69, 9.17) is 4.74 Å². The Bertz CT molecular complexity index is 1490.